The first-order valence-corrected chi connectivity index (χ1v) is 14.4. The molecule has 1 atom stereocenters. The van der Waals surface area contributed by atoms with Gasteiger partial charge in [0.2, 0.25) is 15.9 Å². The molecule has 0 aromatic heterocycles. The Morgan fingerprint density at radius 2 is 1.68 bits per heavy atom. The highest BCUT2D eigenvalue weighted by Crippen LogP contribution is 2.28. The van der Waals surface area contributed by atoms with Gasteiger partial charge in [-0.3, -0.25) is 9.52 Å². The summed E-state index contributed by atoms with van der Waals surface area (Å²) in [6.45, 7) is 4.64. The molecule has 3 rings (SSSR count). The number of hydrogen-bond acceptors (Lipinski definition) is 6. The molecule has 5 N–H and O–H groups in total. The van der Waals surface area contributed by atoms with Crippen LogP contribution < -0.4 is 15.4 Å². The second kappa shape index (κ2) is 12.6. The number of carbonyl (C=O) groups excluding carboxylic acids is 1. The Hall–Kier alpha value is -3.11. The maximum atomic E-state index is 12.5. The average Bonchev–Trinajstić information content (AvgIpc) is 2.82. The van der Waals surface area contributed by atoms with Crippen molar-refractivity contribution in [3.63, 3.8) is 0 Å². The molecule has 3 aromatic carbocycles. The van der Waals surface area contributed by atoms with Gasteiger partial charge in [0, 0.05) is 23.7 Å². The summed E-state index contributed by atoms with van der Waals surface area (Å²) >= 11 is 6.00. The molecule has 10 heteroatoms. The Balaban J connectivity index is 1.55. The van der Waals surface area contributed by atoms with Crippen LogP contribution in [-0.2, 0) is 34.2 Å². The molecule has 0 aliphatic carbocycles. The largest absolute Gasteiger partial charge is 0.506 e. The number of benzene rings is 3. The van der Waals surface area contributed by atoms with Crippen molar-refractivity contribution in [2.75, 3.05) is 17.5 Å². The lowest BCUT2D eigenvalue weighted by molar-refractivity contribution is -0.120. The van der Waals surface area contributed by atoms with Crippen LogP contribution in [0.1, 0.15) is 42.2 Å². The molecule has 0 saturated carbocycles. The highest BCUT2D eigenvalue weighted by molar-refractivity contribution is 7.92. The Bertz CT molecular complexity index is 1380. The maximum absolute atomic E-state index is 12.5. The van der Waals surface area contributed by atoms with Crippen LogP contribution in [0, 0.1) is 0 Å². The van der Waals surface area contributed by atoms with E-state index in [9.17, 15) is 23.4 Å². The third-order valence-electron chi connectivity index (χ3n) is 5.86. The van der Waals surface area contributed by atoms with Crippen molar-refractivity contribution in [1.29, 1.82) is 0 Å². The second-order valence-electron chi connectivity index (χ2n) is 10.0. The molecule has 8 nitrogen and oxygen atoms in total. The zero-order valence-electron chi connectivity index (χ0n) is 21.7. The van der Waals surface area contributed by atoms with Crippen LogP contribution in [0.15, 0.2) is 66.7 Å². The fourth-order valence-electron chi connectivity index (χ4n) is 4.05. The SMILES string of the molecule is CC(C)(Cc1cccc(CC(=O)NCc2cccc(Cl)c2)c1)NCC(O)c1ccc(O)c(NS(C)(=O)=O)c1. The predicted octanol–water partition coefficient (Wildman–Crippen LogP) is 3.92. The molecule has 0 aliphatic rings. The molecule has 0 aliphatic heterocycles. The summed E-state index contributed by atoms with van der Waals surface area (Å²) in [7, 11) is -3.58. The number of anilines is 1. The van der Waals surface area contributed by atoms with E-state index < -0.39 is 16.1 Å². The molecule has 0 spiro atoms. The zero-order chi connectivity index (χ0) is 27.9. The van der Waals surface area contributed by atoms with Crippen molar-refractivity contribution in [1.82, 2.24) is 10.6 Å². The summed E-state index contributed by atoms with van der Waals surface area (Å²) in [4.78, 5) is 12.5. The zero-order valence-corrected chi connectivity index (χ0v) is 23.2. The summed E-state index contributed by atoms with van der Waals surface area (Å²) in [6, 6.07) is 19.5. The fourth-order valence-corrected chi connectivity index (χ4v) is 4.83. The van der Waals surface area contributed by atoms with Crippen LogP contribution >= 0.6 is 11.6 Å². The Kier molecular flexibility index (Phi) is 9.78. The van der Waals surface area contributed by atoms with Crippen molar-refractivity contribution in [3.8, 4) is 5.75 Å². The lowest BCUT2D eigenvalue weighted by atomic mass is 9.93. The van der Waals surface area contributed by atoms with E-state index >= 15 is 0 Å². The fraction of sp³-hybridized carbons (Fsp3) is 0.321. The molecule has 0 fully saturated rings. The average molecular weight is 560 g/mol. The molecule has 3 aromatic rings. The predicted molar refractivity (Wildman–Crippen MR) is 151 cm³/mol. The molecule has 1 unspecified atom stereocenters. The summed E-state index contributed by atoms with van der Waals surface area (Å²) in [5.41, 5.74) is 2.96. The third-order valence-corrected chi connectivity index (χ3v) is 6.68. The lowest BCUT2D eigenvalue weighted by Gasteiger charge is -2.28. The maximum Gasteiger partial charge on any atom is 0.229 e. The van der Waals surface area contributed by atoms with Crippen LogP contribution in [0.5, 0.6) is 5.75 Å². The van der Waals surface area contributed by atoms with E-state index in [4.69, 9.17) is 11.6 Å². The number of halogens is 1. The van der Waals surface area contributed by atoms with E-state index in [2.05, 4.69) is 15.4 Å². The van der Waals surface area contributed by atoms with Crippen LogP contribution in [0.3, 0.4) is 0 Å². The topological polar surface area (TPSA) is 128 Å². The van der Waals surface area contributed by atoms with Gasteiger partial charge in [-0.25, -0.2) is 8.42 Å². The van der Waals surface area contributed by atoms with Gasteiger partial charge in [-0.15, -0.1) is 0 Å². The number of sulfonamides is 1. The van der Waals surface area contributed by atoms with Crippen LogP contribution in [0.25, 0.3) is 0 Å². The van der Waals surface area contributed by atoms with Gasteiger partial charge in [0.05, 0.1) is 24.5 Å². The van der Waals surface area contributed by atoms with Crippen molar-refractivity contribution < 1.29 is 23.4 Å². The van der Waals surface area contributed by atoms with E-state index in [1.807, 2.05) is 56.3 Å². The number of phenolic OH excluding ortho intramolecular Hbond substituents is 1. The normalized spacial score (nSPS) is 12.7. The van der Waals surface area contributed by atoms with Crippen molar-refractivity contribution >= 4 is 33.2 Å². The molecular formula is C28H34ClN3O5S. The smallest absolute Gasteiger partial charge is 0.229 e. The standard InChI is InChI=1S/C28H34ClN3O5S/c1-28(2,31-18-26(34)22-10-11-25(33)24(15-22)32-38(3,36)37)16-20-7-4-6-19(12-20)14-27(35)30-17-21-8-5-9-23(29)13-21/h4-13,15,26,31-34H,14,16-18H2,1-3H3,(H,30,35). The number of rotatable bonds is 12. The highest BCUT2D eigenvalue weighted by Gasteiger charge is 2.21. The van der Waals surface area contributed by atoms with Crippen molar-refractivity contribution in [3.05, 3.63) is 94.0 Å². The molecule has 204 valence electrons. The molecule has 0 bridgehead atoms. The van der Waals surface area contributed by atoms with E-state index in [0.717, 1.165) is 22.9 Å². The summed E-state index contributed by atoms with van der Waals surface area (Å²) < 4.78 is 25.3. The highest BCUT2D eigenvalue weighted by atomic mass is 35.5. The molecule has 1 amide bonds. The molecular weight excluding hydrogens is 526 g/mol. The Labute approximate surface area is 229 Å². The molecule has 0 heterocycles. The Morgan fingerprint density at radius 3 is 2.39 bits per heavy atom. The van der Waals surface area contributed by atoms with Crippen LogP contribution in [0.2, 0.25) is 5.02 Å². The van der Waals surface area contributed by atoms with E-state index in [0.29, 0.717) is 23.6 Å². The number of carbonyl (C=O) groups is 1. The number of amides is 1. The summed E-state index contributed by atoms with van der Waals surface area (Å²) in [5.74, 6) is -0.307. The number of aliphatic hydroxyl groups is 1. The molecule has 0 radical (unpaired) electrons. The minimum absolute atomic E-state index is 0.0109. The van der Waals surface area contributed by atoms with E-state index in [-0.39, 0.29) is 35.8 Å². The first-order valence-electron chi connectivity index (χ1n) is 12.1. The van der Waals surface area contributed by atoms with Gasteiger partial charge in [-0.05, 0) is 66.8 Å². The number of aliphatic hydroxyl groups excluding tert-OH is 1. The monoisotopic (exact) mass is 559 g/mol. The Morgan fingerprint density at radius 1 is 1.00 bits per heavy atom. The van der Waals surface area contributed by atoms with E-state index in [1.165, 1.54) is 12.1 Å². The van der Waals surface area contributed by atoms with Gasteiger partial charge in [0.15, 0.2) is 0 Å². The number of phenols is 1. The van der Waals surface area contributed by atoms with Crippen molar-refractivity contribution in [2.45, 2.75) is 44.9 Å². The van der Waals surface area contributed by atoms with Gasteiger partial charge >= 0.3 is 0 Å². The second-order valence-corrected chi connectivity index (χ2v) is 12.2. The number of β-amino-alcohol motifs (C(OH)–C–C–N with tert-alkyl or cyclic N) is 1. The van der Waals surface area contributed by atoms with Crippen molar-refractivity contribution in [2.24, 2.45) is 0 Å². The quantitative estimate of drug-likeness (QED) is 0.214. The van der Waals surface area contributed by atoms with Gasteiger partial charge in [0.1, 0.15) is 5.75 Å². The number of aromatic hydroxyl groups is 1. The lowest BCUT2D eigenvalue weighted by Crippen LogP contribution is -2.43. The molecule has 0 saturated heterocycles. The van der Waals surface area contributed by atoms with E-state index in [1.54, 1.807) is 12.1 Å². The first kappa shape index (κ1) is 29.4. The first-order chi connectivity index (χ1) is 17.8. The van der Waals surface area contributed by atoms with Gasteiger partial charge < -0.3 is 20.8 Å². The van der Waals surface area contributed by atoms with Gasteiger partial charge in [-0.1, -0.05) is 54.1 Å². The van der Waals surface area contributed by atoms with Crippen LogP contribution in [0.4, 0.5) is 5.69 Å². The minimum Gasteiger partial charge on any atom is -0.506 e. The number of hydrogen-bond donors (Lipinski definition) is 5. The number of nitrogens with one attached hydrogen (secondary N) is 3. The molecule has 38 heavy (non-hydrogen) atoms. The third kappa shape index (κ3) is 9.64. The van der Waals surface area contributed by atoms with Gasteiger partial charge in [-0.2, -0.15) is 0 Å². The summed E-state index contributed by atoms with van der Waals surface area (Å²) in [6.07, 6.45) is 0.964. The van der Waals surface area contributed by atoms with Gasteiger partial charge in [0.25, 0.3) is 0 Å². The van der Waals surface area contributed by atoms with Crippen LogP contribution in [-0.4, -0.2) is 42.9 Å². The summed E-state index contributed by atoms with van der Waals surface area (Å²) in [5, 5.41) is 27.5. The minimum atomic E-state index is -3.58.